The van der Waals surface area contributed by atoms with Crippen LogP contribution in [0.15, 0.2) is 16.3 Å². The summed E-state index contributed by atoms with van der Waals surface area (Å²) in [5.41, 5.74) is 0. The first-order valence-electron chi connectivity index (χ1n) is 6.94. The summed E-state index contributed by atoms with van der Waals surface area (Å²) in [5.74, 6) is 0. The highest BCUT2D eigenvalue weighted by molar-refractivity contribution is 7.89. The number of thiophene rings is 1. The summed E-state index contributed by atoms with van der Waals surface area (Å²) in [6.07, 6.45) is 4.52. The van der Waals surface area contributed by atoms with Crippen molar-refractivity contribution >= 4 is 21.4 Å². The van der Waals surface area contributed by atoms with E-state index in [1.54, 1.807) is 9.69 Å². The third kappa shape index (κ3) is 3.02. The van der Waals surface area contributed by atoms with E-state index in [4.69, 9.17) is 0 Å². The quantitative estimate of drug-likeness (QED) is 0.839. The monoisotopic (exact) mass is 300 g/mol. The van der Waals surface area contributed by atoms with Crippen LogP contribution in [0.3, 0.4) is 0 Å². The van der Waals surface area contributed by atoms with E-state index in [0.717, 1.165) is 24.3 Å². The van der Waals surface area contributed by atoms with Crippen LogP contribution in [0.2, 0.25) is 0 Å². The normalized spacial score (nSPS) is 20.1. The van der Waals surface area contributed by atoms with E-state index in [-0.39, 0.29) is 6.04 Å². The molecule has 0 spiro atoms. The van der Waals surface area contributed by atoms with Gasteiger partial charge in [0.15, 0.2) is 0 Å². The molecule has 2 aliphatic rings. The number of hydrogen-bond acceptors (Lipinski definition) is 4. The number of nitrogens with zero attached hydrogens (tertiary/aromatic N) is 1. The molecule has 0 aliphatic heterocycles. The fourth-order valence-corrected chi connectivity index (χ4v) is 5.15. The van der Waals surface area contributed by atoms with Crippen LogP contribution >= 0.6 is 11.3 Å². The lowest BCUT2D eigenvalue weighted by atomic mass is 10.4. The second-order valence-electron chi connectivity index (χ2n) is 5.34. The first kappa shape index (κ1) is 13.5. The third-order valence-corrected chi connectivity index (χ3v) is 6.74. The van der Waals surface area contributed by atoms with Crippen LogP contribution in [0.1, 0.15) is 37.5 Å². The Morgan fingerprint density at radius 1 is 1.37 bits per heavy atom. The molecule has 106 valence electrons. The summed E-state index contributed by atoms with van der Waals surface area (Å²) in [6.45, 7) is 3.27. The van der Waals surface area contributed by atoms with Gasteiger partial charge >= 0.3 is 0 Å². The van der Waals surface area contributed by atoms with Gasteiger partial charge in [-0.1, -0.05) is 6.92 Å². The van der Waals surface area contributed by atoms with Gasteiger partial charge < -0.3 is 5.32 Å². The molecule has 0 atom stereocenters. The summed E-state index contributed by atoms with van der Waals surface area (Å²) in [7, 11) is -3.27. The van der Waals surface area contributed by atoms with Crippen LogP contribution in [-0.4, -0.2) is 31.4 Å². The zero-order valence-corrected chi connectivity index (χ0v) is 12.8. The minimum absolute atomic E-state index is 0.239. The molecule has 1 aromatic rings. The van der Waals surface area contributed by atoms with Crippen LogP contribution in [0.25, 0.3) is 0 Å². The standard InChI is InChI=1S/C13H20N2O2S2/c1-2-15(11-5-6-11)19(16,17)13-7-12(18-9-13)8-14-10-3-4-10/h7,9-11,14H,2-6,8H2,1H3. The lowest BCUT2D eigenvalue weighted by molar-refractivity contribution is 0.421. The SMILES string of the molecule is CCN(C1CC1)S(=O)(=O)c1csc(CNC2CC2)c1. The van der Waals surface area contributed by atoms with E-state index in [9.17, 15) is 8.42 Å². The average molecular weight is 300 g/mol. The van der Waals surface area contributed by atoms with Crippen molar-refractivity contribution in [1.82, 2.24) is 9.62 Å². The summed E-state index contributed by atoms with van der Waals surface area (Å²) < 4.78 is 26.7. The fourth-order valence-electron chi connectivity index (χ4n) is 2.24. The second-order valence-corrected chi connectivity index (χ2v) is 8.23. The van der Waals surface area contributed by atoms with Crippen LogP contribution in [0.4, 0.5) is 0 Å². The highest BCUT2D eigenvalue weighted by Crippen LogP contribution is 2.33. The smallest absolute Gasteiger partial charge is 0.244 e. The summed E-state index contributed by atoms with van der Waals surface area (Å²) in [5, 5.41) is 5.20. The van der Waals surface area contributed by atoms with E-state index in [0.29, 0.717) is 17.5 Å². The number of rotatable bonds is 7. The molecule has 0 saturated heterocycles. The van der Waals surface area contributed by atoms with Crippen LogP contribution in [-0.2, 0) is 16.6 Å². The van der Waals surface area contributed by atoms with Gasteiger partial charge in [0.2, 0.25) is 10.0 Å². The molecule has 0 amide bonds. The van der Waals surface area contributed by atoms with Crippen LogP contribution < -0.4 is 5.32 Å². The molecule has 0 aromatic carbocycles. The first-order chi connectivity index (χ1) is 9.11. The largest absolute Gasteiger partial charge is 0.309 e. The number of nitrogens with one attached hydrogen (secondary N) is 1. The predicted molar refractivity (Wildman–Crippen MR) is 76.8 cm³/mol. The van der Waals surface area contributed by atoms with Gasteiger partial charge in [-0.3, -0.25) is 0 Å². The molecule has 19 heavy (non-hydrogen) atoms. The zero-order valence-electron chi connectivity index (χ0n) is 11.1. The topological polar surface area (TPSA) is 49.4 Å². The molecular weight excluding hydrogens is 280 g/mol. The molecule has 1 aromatic heterocycles. The van der Waals surface area contributed by atoms with Crippen molar-refractivity contribution in [2.45, 2.75) is 56.1 Å². The average Bonchev–Trinajstić information content (AvgIpc) is 3.29. The molecule has 1 heterocycles. The lowest BCUT2D eigenvalue weighted by Gasteiger charge is -2.18. The maximum Gasteiger partial charge on any atom is 0.244 e. The van der Waals surface area contributed by atoms with Gasteiger partial charge in [0, 0.05) is 35.4 Å². The molecule has 0 bridgehead atoms. The van der Waals surface area contributed by atoms with Crippen molar-refractivity contribution in [1.29, 1.82) is 0 Å². The molecule has 1 N–H and O–H groups in total. The van der Waals surface area contributed by atoms with Gasteiger partial charge in [0.05, 0.1) is 4.90 Å². The van der Waals surface area contributed by atoms with E-state index in [1.807, 2.05) is 13.0 Å². The molecule has 0 unspecified atom stereocenters. The second kappa shape index (κ2) is 5.16. The maximum absolute atomic E-state index is 12.5. The van der Waals surface area contributed by atoms with Crippen molar-refractivity contribution in [2.75, 3.05) is 6.54 Å². The van der Waals surface area contributed by atoms with Crippen molar-refractivity contribution in [3.8, 4) is 0 Å². The van der Waals surface area contributed by atoms with E-state index < -0.39 is 10.0 Å². The lowest BCUT2D eigenvalue weighted by Crippen LogP contribution is -2.32. The predicted octanol–water partition coefficient (Wildman–Crippen LogP) is 2.17. The molecule has 6 heteroatoms. The Labute approximate surface area is 118 Å². The van der Waals surface area contributed by atoms with E-state index >= 15 is 0 Å². The minimum atomic E-state index is -3.27. The van der Waals surface area contributed by atoms with Crippen molar-refractivity contribution in [3.05, 3.63) is 16.3 Å². The Bertz CT molecular complexity index is 545. The summed E-state index contributed by atoms with van der Waals surface area (Å²) in [4.78, 5) is 1.58. The zero-order chi connectivity index (χ0) is 13.5. The highest BCUT2D eigenvalue weighted by Gasteiger charge is 2.37. The molecular formula is C13H20N2O2S2. The highest BCUT2D eigenvalue weighted by atomic mass is 32.2. The summed E-state index contributed by atoms with van der Waals surface area (Å²) >= 11 is 1.54. The summed E-state index contributed by atoms with van der Waals surface area (Å²) in [6, 6.07) is 2.73. The Morgan fingerprint density at radius 2 is 2.11 bits per heavy atom. The van der Waals surface area contributed by atoms with Gasteiger partial charge in [-0.25, -0.2) is 8.42 Å². The Kier molecular flexibility index (Phi) is 3.68. The number of hydrogen-bond donors (Lipinski definition) is 1. The van der Waals surface area contributed by atoms with Gasteiger partial charge in [-0.15, -0.1) is 11.3 Å². The molecule has 2 saturated carbocycles. The molecule has 2 fully saturated rings. The van der Waals surface area contributed by atoms with Gasteiger partial charge in [0.25, 0.3) is 0 Å². The number of sulfonamides is 1. The first-order valence-corrected chi connectivity index (χ1v) is 9.26. The Morgan fingerprint density at radius 3 is 2.68 bits per heavy atom. The van der Waals surface area contributed by atoms with E-state index in [2.05, 4.69) is 5.32 Å². The van der Waals surface area contributed by atoms with Crippen molar-refractivity contribution < 1.29 is 8.42 Å². The van der Waals surface area contributed by atoms with Crippen molar-refractivity contribution in [3.63, 3.8) is 0 Å². The molecule has 2 aliphatic carbocycles. The van der Waals surface area contributed by atoms with Gasteiger partial charge in [-0.05, 0) is 31.7 Å². The molecule has 0 radical (unpaired) electrons. The van der Waals surface area contributed by atoms with Crippen LogP contribution in [0, 0.1) is 0 Å². The third-order valence-electron chi connectivity index (χ3n) is 3.64. The Balaban J connectivity index is 1.72. The van der Waals surface area contributed by atoms with Crippen LogP contribution in [0.5, 0.6) is 0 Å². The maximum atomic E-state index is 12.5. The fraction of sp³-hybridized carbons (Fsp3) is 0.692. The molecule has 4 nitrogen and oxygen atoms in total. The minimum Gasteiger partial charge on any atom is -0.309 e. The van der Waals surface area contributed by atoms with Crippen molar-refractivity contribution in [2.24, 2.45) is 0 Å². The molecule has 3 rings (SSSR count). The van der Waals surface area contributed by atoms with Gasteiger partial charge in [0.1, 0.15) is 0 Å². The van der Waals surface area contributed by atoms with E-state index in [1.165, 1.54) is 24.2 Å². The van der Waals surface area contributed by atoms with Gasteiger partial charge in [-0.2, -0.15) is 4.31 Å². The Hall–Kier alpha value is -0.430.